The first-order valence-corrected chi connectivity index (χ1v) is 13.5. The molecule has 40 heavy (non-hydrogen) atoms. The number of nitrogens with one attached hydrogen (secondary N) is 2. The number of rotatable bonds is 8. The van der Waals surface area contributed by atoms with Gasteiger partial charge >= 0.3 is 18.1 Å². The zero-order valence-corrected chi connectivity index (χ0v) is 23.2. The molecule has 1 aliphatic heterocycles. The Kier molecular flexibility index (Phi) is 10.8. The minimum Gasteiger partial charge on any atom is -0.494 e. The molecule has 4 rings (SSSR count). The minimum atomic E-state index is -5.08. The number of carboxylic acids is 1. The lowest BCUT2D eigenvalue weighted by atomic mass is 10.2. The molecule has 1 saturated heterocycles. The first-order valence-electron chi connectivity index (χ1n) is 11.5. The SMILES string of the molecule is COC(=O)c1sc(SC)nc1Nc1ccnc(Nc2ccc(N3CCOCC3)cc2OC)c1.O=C(O)C(F)(F)F. The average Bonchev–Trinajstić information content (AvgIpc) is 3.36. The number of esters is 1. The maximum atomic E-state index is 12.1. The highest BCUT2D eigenvalue weighted by Crippen LogP contribution is 2.34. The van der Waals surface area contributed by atoms with Crippen molar-refractivity contribution in [1.82, 2.24) is 9.97 Å². The molecule has 0 atom stereocenters. The molecule has 0 radical (unpaired) electrons. The molecule has 3 N–H and O–H groups in total. The number of carbonyl (C=O) groups is 2. The molecule has 0 spiro atoms. The number of carbonyl (C=O) groups excluding carboxylic acids is 1. The lowest BCUT2D eigenvalue weighted by molar-refractivity contribution is -0.192. The van der Waals surface area contributed by atoms with Gasteiger partial charge in [-0.2, -0.15) is 13.2 Å². The molecule has 0 bridgehead atoms. The van der Waals surface area contributed by atoms with Crippen LogP contribution in [0.1, 0.15) is 9.67 Å². The Morgan fingerprint density at radius 3 is 2.45 bits per heavy atom. The number of ether oxygens (including phenoxy) is 3. The highest BCUT2D eigenvalue weighted by Gasteiger charge is 2.38. The van der Waals surface area contributed by atoms with Gasteiger partial charge in [0.1, 0.15) is 11.6 Å². The second-order valence-electron chi connectivity index (χ2n) is 7.82. The van der Waals surface area contributed by atoms with Crippen molar-refractivity contribution in [2.75, 3.05) is 62.3 Å². The molecule has 2 aromatic heterocycles. The second kappa shape index (κ2) is 14.0. The average molecular weight is 602 g/mol. The molecular weight excluding hydrogens is 575 g/mol. The predicted octanol–water partition coefficient (Wildman–Crippen LogP) is 5.01. The number of morpholine rings is 1. The number of pyridine rings is 1. The third-order valence-electron chi connectivity index (χ3n) is 5.24. The smallest absolute Gasteiger partial charge is 0.490 e. The van der Waals surface area contributed by atoms with Gasteiger partial charge < -0.3 is 34.9 Å². The number of aromatic nitrogens is 2. The Hall–Kier alpha value is -3.76. The molecule has 11 nitrogen and oxygen atoms in total. The van der Waals surface area contributed by atoms with E-state index in [-0.39, 0.29) is 0 Å². The van der Waals surface area contributed by atoms with Gasteiger partial charge in [-0.1, -0.05) is 23.1 Å². The van der Waals surface area contributed by atoms with Crippen LogP contribution < -0.4 is 20.3 Å². The van der Waals surface area contributed by atoms with E-state index in [9.17, 15) is 18.0 Å². The lowest BCUT2D eigenvalue weighted by Gasteiger charge is -2.29. The van der Waals surface area contributed by atoms with Crippen LogP contribution in [0.25, 0.3) is 0 Å². The van der Waals surface area contributed by atoms with E-state index in [0.717, 1.165) is 53.5 Å². The van der Waals surface area contributed by atoms with E-state index in [2.05, 4.69) is 31.6 Å². The van der Waals surface area contributed by atoms with Gasteiger partial charge in [-0.25, -0.2) is 19.6 Å². The zero-order valence-electron chi connectivity index (χ0n) is 21.6. The van der Waals surface area contributed by atoms with E-state index >= 15 is 0 Å². The van der Waals surface area contributed by atoms with Crippen molar-refractivity contribution >= 4 is 63.7 Å². The first kappa shape index (κ1) is 30.8. The fraction of sp³-hybridized carbons (Fsp3) is 0.333. The topological polar surface area (TPSA) is 135 Å². The van der Waals surface area contributed by atoms with E-state index in [1.165, 1.54) is 30.2 Å². The number of nitrogens with zero attached hydrogens (tertiary/aromatic N) is 3. The third-order valence-corrected chi connectivity index (χ3v) is 7.26. The van der Waals surface area contributed by atoms with Crippen LogP contribution in [0.3, 0.4) is 0 Å². The number of benzene rings is 1. The zero-order chi connectivity index (χ0) is 29.3. The summed E-state index contributed by atoms with van der Waals surface area (Å²) in [5, 5.41) is 13.6. The Morgan fingerprint density at radius 1 is 1.15 bits per heavy atom. The summed E-state index contributed by atoms with van der Waals surface area (Å²) >= 11 is 2.76. The number of thioether (sulfide) groups is 1. The number of carboxylic acid groups (broad SMARTS) is 1. The molecule has 0 saturated carbocycles. The summed E-state index contributed by atoms with van der Waals surface area (Å²) in [5.41, 5.74) is 2.62. The molecule has 3 aromatic rings. The number of halogens is 3. The molecule has 216 valence electrons. The van der Waals surface area contributed by atoms with Gasteiger partial charge in [0.2, 0.25) is 0 Å². The Morgan fingerprint density at radius 2 is 1.85 bits per heavy atom. The Labute approximate surface area is 235 Å². The largest absolute Gasteiger partial charge is 0.494 e. The van der Waals surface area contributed by atoms with Crippen molar-refractivity contribution in [3.63, 3.8) is 0 Å². The number of thiazole rings is 1. The summed E-state index contributed by atoms with van der Waals surface area (Å²) < 4.78 is 48.5. The van der Waals surface area contributed by atoms with E-state index in [0.29, 0.717) is 16.5 Å². The van der Waals surface area contributed by atoms with E-state index in [1.54, 1.807) is 13.3 Å². The van der Waals surface area contributed by atoms with Crippen LogP contribution in [0.4, 0.5) is 41.9 Å². The molecular formula is C24H26F3N5O6S2. The lowest BCUT2D eigenvalue weighted by Crippen LogP contribution is -2.36. The fourth-order valence-corrected chi connectivity index (χ4v) is 4.79. The summed E-state index contributed by atoms with van der Waals surface area (Å²) in [6.45, 7) is 3.16. The van der Waals surface area contributed by atoms with Crippen LogP contribution in [0.15, 0.2) is 40.9 Å². The Balaban J connectivity index is 0.000000559. The summed E-state index contributed by atoms with van der Waals surface area (Å²) in [6, 6.07) is 9.70. The second-order valence-corrected chi connectivity index (χ2v) is 9.87. The highest BCUT2D eigenvalue weighted by molar-refractivity contribution is 8.00. The van der Waals surface area contributed by atoms with E-state index in [1.807, 2.05) is 30.5 Å². The number of methoxy groups -OCH3 is 2. The molecule has 0 amide bonds. The summed E-state index contributed by atoms with van der Waals surface area (Å²) in [7, 11) is 3.01. The summed E-state index contributed by atoms with van der Waals surface area (Å²) in [6.07, 6.45) is -1.49. The normalized spacial score (nSPS) is 13.1. The number of aliphatic carboxylic acids is 1. The van der Waals surface area contributed by atoms with Crippen molar-refractivity contribution < 1.29 is 42.1 Å². The molecule has 1 fully saturated rings. The van der Waals surface area contributed by atoms with Gasteiger partial charge in [0, 0.05) is 42.8 Å². The maximum absolute atomic E-state index is 12.1. The van der Waals surface area contributed by atoms with Crippen molar-refractivity contribution in [3.8, 4) is 5.75 Å². The number of anilines is 5. The van der Waals surface area contributed by atoms with Gasteiger partial charge in [0.15, 0.2) is 15.0 Å². The van der Waals surface area contributed by atoms with E-state index in [4.69, 9.17) is 24.1 Å². The van der Waals surface area contributed by atoms with Gasteiger partial charge in [0.05, 0.1) is 33.1 Å². The molecule has 1 aromatic carbocycles. The van der Waals surface area contributed by atoms with Gasteiger partial charge in [-0.15, -0.1) is 0 Å². The van der Waals surface area contributed by atoms with Crippen LogP contribution in [0.5, 0.6) is 5.75 Å². The number of hydrogen-bond acceptors (Lipinski definition) is 12. The molecule has 0 unspecified atom stereocenters. The predicted molar refractivity (Wildman–Crippen MR) is 146 cm³/mol. The van der Waals surface area contributed by atoms with Crippen LogP contribution in [-0.4, -0.2) is 80.0 Å². The monoisotopic (exact) mass is 601 g/mol. The molecule has 16 heteroatoms. The van der Waals surface area contributed by atoms with Crippen LogP contribution in [-0.2, 0) is 14.3 Å². The molecule has 0 aliphatic carbocycles. The van der Waals surface area contributed by atoms with Gasteiger partial charge in [-0.3, -0.25) is 0 Å². The maximum Gasteiger partial charge on any atom is 0.490 e. The van der Waals surface area contributed by atoms with Crippen molar-refractivity contribution in [2.45, 2.75) is 10.5 Å². The minimum absolute atomic E-state index is 0.423. The van der Waals surface area contributed by atoms with Crippen molar-refractivity contribution in [3.05, 3.63) is 41.4 Å². The van der Waals surface area contributed by atoms with Crippen LogP contribution >= 0.6 is 23.1 Å². The van der Waals surface area contributed by atoms with Crippen LogP contribution in [0.2, 0.25) is 0 Å². The van der Waals surface area contributed by atoms with Crippen molar-refractivity contribution in [2.24, 2.45) is 0 Å². The van der Waals surface area contributed by atoms with E-state index < -0.39 is 18.1 Å². The Bertz CT molecular complexity index is 1320. The van der Waals surface area contributed by atoms with Crippen molar-refractivity contribution in [1.29, 1.82) is 0 Å². The first-order chi connectivity index (χ1) is 19.0. The van der Waals surface area contributed by atoms with Gasteiger partial charge in [-0.05, 0) is 24.5 Å². The molecule has 1 aliphatic rings. The quantitative estimate of drug-likeness (QED) is 0.237. The summed E-state index contributed by atoms with van der Waals surface area (Å²) in [5.74, 6) is -1.38. The fourth-order valence-electron chi connectivity index (χ4n) is 3.36. The van der Waals surface area contributed by atoms with Gasteiger partial charge in [0.25, 0.3) is 0 Å². The number of alkyl halides is 3. The summed E-state index contributed by atoms with van der Waals surface area (Å²) in [4.78, 5) is 32.6. The highest BCUT2D eigenvalue weighted by atomic mass is 32.2. The standard InChI is InChI=1S/C22H25N5O4S2.C2HF3O2/c1-29-17-13-15(27-8-10-31-11-9-27)4-5-16(17)25-18-12-14(6-7-23-18)24-20-19(21(28)30-2)33-22(26-20)32-3;3-2(4,5)1(6)7/h4-7,12-13H,8-11H2,1-3H3,(H2,23,24,25);(H,6,7). The number of hydrogen-bond donors (Lipinski definition) is 3. The van der Waals surface area contributed by atoms with Crippen LogP contribution in [0, 0.1) is 0 Å². The molecule has 3 heterocycles. The third kappa shape index (κ3) is 8.37.